The number of rotatable bonds is 4. The van der Waals surface area contributed by atoms with Crippen LogP contribution in [0.4, 0.5) is 10.1 Å². The van der Waals surface area contributed by atoms with Crippen LogP contribution >= 0.6 is 0 Å². The first kappa shape index (κ1) is 16.3. The second kappa shape index (κ2) is 5.97. The Labute approximate surface area is 125 Å². The maximum Gasteiger partial charge on any atom is 0.324 e. The van der Waals surface area contributed by atoms with E-state index in [1.54, 1.807) is 0 Å². The molecule has 1 unspecified atom stereocenters. The maximum atomic E-state index is 13.6. The van der Waals surface area contributed by atoms with Crippen molar-refractivity contribution < 1.29 is 27.6 Å². The van der Waals surface area contributed by atoms with Crippen molar-refractivity contribution >= 4 is 21.7 Å². The van der Waals surface area contributed by atoms with E-state index in [1.165, 1.54) is 0 Å². The predicted molar refractivity (Wildman–Crippen MR) is 72.2 cm³/mol. The number of nitrogens with zero attached hydrogens (tertiary/aromatic N) is 2. The van der Waals surface area contributed by atoms with Gasteiger partial charge in [-0.1, -0.05) is 6.07 Å². The minimum atomic E-state index is -4.34. The Morgan fingerprint density at radius 2 is 2.14 bits per heavy atom. The number of nitro benzene ring substituents is 1. The number of benzene rings is 1. The van der Waals surface area contributed by atoms with Crippen LogP contribution in [0.25, 0.3) is 0 Å². The van der Waals surface area contributed by atoms with Crippen molar-refractivity contribution in [1.29, 1.82) is 0 Å². The van der Waals surface area contributed by atoms with Crippen LogP contribution in [0.3, 0.4) is 0 Å². The van der Waals surface area contributed by atoms with Crippen molar-refractivity contribution in [2.24, 2.45) is 5.92 Å². The van der Waals surface area contributed by atoms with E-state index >= 15 is 0 Å². The lowest BCUT2D eigenvalue weighted by Gasteiger charge is -2.29. The molecule has 1 aliphatic heterocycles. The van der Waals surface area contributed by atoms with Gasteiger partial charge in [-0.3, -0.25) is 14.9 Å². The van der Waals surface area contributed by atoms with Crippen molar-refractivity contribution in [2.75, 3.05) is 13.1 Å². The number of carbonyl (C=O) groups is 1. The number of nitro groups is 1. The molecule has 0 radical (unpaired) electrons. The molecule has 0 spiro atoms. The molecule has 0 saturated carbocycles. The Kier molecular flexibility index (Phi) is 4.42. The molecule has 1 aromatic carbocycles. The number of aliphatic carboxylic acids is 1. The third kappa shape index (κ3) is 2.92. The van der Waals surface area contributed by atoms with E-state index in [1.807, 2.05) is 0 Å². The van der Waals surface area contributed by atoms with Crippen molar-refractivity contribution in [3.63, 3.8) is 0 Å². The smallest absolute Gasteiger partial charge is 0.324 e. The molecule has 1 atom stereocenters. The van der Waals surface area contributed by atoms with E-state index in [2.05, 4.69) is 0 Å². The highest BCUT2D eigenvalue weighted by Gasteiger charge is 2.37. The highest BCUT2D eigenvalue weighted by Crippen LogP contribution is 2.31. The largest absolute Gasteiger partial charge is 0.481 e. The molecule has 1 saturated heterocycles. The van der Waals surface area contributed by atoms with Crippen LogP contribution in [0.2, 0.25) is 0 Å². The van der Waals surface area contributed by atoms with Gasteiger partial charge in [-0.25, -0.2) is 8.42 Å². The second-order valence-electron chi connectivity index (χ2n) is 4.88. The molecule has 0 amide bonds. The lowest BCUT2D eigenvalue weighted by Crippen LogP contribution is -2.42. The van der Waals surface area contributed by atoms with E-state index in [0.717, 1.165) is 22.5 Å². The summed E-state index contributed by atoms with van der Waals surface area (Å²) in [5.74, 6) is -3.26. The zero-order chi connectivity index (χ0) is 16.5. The highest BCUT2D eigenvalue weighted by molar-refractivity contribution is 7.89. The molecule has 120 valence electrons. The van der Waals surface area contributed by atoms with Gasteiger partial charge in [0.2, 0.25) is 15.8 Å². The zero-order valence-electron chi connectivity index (χ0n) is 11.3. The normalized spacial score (nSPS) is 19.8. The van der Waals surface area contributed by atoms with Crippen LogP contribution < -0.4 is 0 Å². The van der Waals surface area contributed by atoms with Gasteiger partial charge in [0.05, 0.1) is 10.8 Å². The molecule has 2 rings (SSSR count). The maximum absolute atomic E-state index is 13.6. The lowest BCUT2D eigenvalue weighted by molar-refractivity contribution is -0.390. The summed E-state index contributed by atoms with van der Waals surface area (Å²) in [6, 6.07) is 2.81. The number of para-hydroxylation sites is 1. The van der Waals surface area contributed by atoms with E-state index in [4.69, 9.17) is 5.11 Å². The molecule has 1 aliphatic rings. The quantitative estimate of drug-likeness (QED) is 0.654. The highest BCUT2D eigenvalue weighted by atomic mass is 32.2. The number of piperidine rings is 1. The summed E-state index contributed by atoms with van der Waals surface area (Å²) in [6.45, 7) is -0.245. The van der Waals surface area contributed by atoms with Gasteiger partial charge in [0, 0.05) is 13.1 Å². The van der Waals surface area contributed by atoms with Crippen molar-refractivity contribution in [2.45, 2.75) is 17.7 Å². The van der Waals surface area contributed by atoms with Crippen LogP contribution in [0, 0.1) is 21.8 Å². The molecule has 22 heavy (non-hydrogen) atoms. The Morgan fingerprint density at radius 3 is 2.73 bits per heavy atom. The third-order valence-electron chi connectivity index (χ3n) is 3.48. The molecule has 1 N–H and O–H groups in total. The summed E-state index contributed by atoms with van der Waals surface area (Å²) in [6.07, 6.45) is 0.645. The second-order valence-corrected chi connectivity index (χ2v) is 6.79. The van der Waals surface area contributed by atoms with Gasteiger partial charge in [-0.2, -0.15) is 8.70 Å². The topological polar surface area (TPSA) is 118 Å². The molecule has 1 heterocycles. The standard InChI is InChI=1S/C12H13FN2O6S/c13-9-4-1-5-10(11(9)15(18)19)22(20,21)14-6-2-3-8(7-14)12(16)17/h1,4-5,8H,2-3,6-7H2,(H,16,17). The molecular formula is C12H13FN2O6S. The Morgan fingerprint density at radius 1 is 1.45 bits per heavy atom. The molecule has 10 heteroatoms. The summed E-state index contributed by atoms with van der Waals surface area (Å²) in [4.78, 5) is 20.1. The van der Waals surface area contributed by atoms with Crippen LogP contribution in [0.1, 0.15) is 12.8 Å². The molecule has 0 aliphatic carbocycles. The fourth-order valence-corrected chi connectivity index (χ4v) is 4.07. The lowest BCUT2D eigenvalue weighted by atomic mass is 10.0. The molecule has 8 nitrogen and oxygen atoms in total. The van der Waals surface area contributed by atoms with Crippen LogP contribution in [-0.4, -0.2) is 41.8 Å². The summed E-state index contributed by atoms with van der Waals surface area (Å²) in [5.41, 5.74) is -1.13. The number of hydrogen-bond donors (Lipinski definition) is 1. The Bertz CT molecular complexity index is 720. The molecular weight excluding hydrogens is 319 g/mol. The van der Waals surface area contributed by atoms with Gasteiger partial charge < -0.3 is 5.11 Å². The summed E-state index contributed by atoms with van der Waals surface area (Å²) < 4.78 is 39.4. The van der Waals surface area contributed by atoms with E-state index < -0.39 is 43.2 Å². The number of carboxylic acid groups (broad SMARTS) is 1. The minimum absolute atomic E-state index is 0.0414. The fraction of sp³-hybridized carbons (Fsp3) is 0.417. The molecule has 1 aromatic rings. The summed E-state index contributed by atoms with van der Waals surface area (Å²) >= 11 is 0. The van der Waals surface area contributed by atoms with Crippen LogP contribution in [0.15, 0.2) is 23.1 Å². The van der Waals surface area contributed by atoms with Crippen molar-refractivity contribution in [3.05, 3.63) is 34.1 Å². The van der Waals surface area contributed by atoms with E-state index in [-0.39, 0.29) is 13.1 Å². The number of carboxylic acids is 1. The van der Waals surface area contributed by atoms with Gasteiger partial charge >= 0.3 is 11.7 Å². The first-order valence-electron chi connectivity index (χ1n) is 6.41. The SMILES string of the molecule is O=C(O)C1CCCN(S(=O)(=O)c2cccc(F)c2[N+](=O)[O-])C1. The van der Waals surface area contributed by atoms with Gasteiger partial charge in [-0.15, -0.1) is 0 Å². The van der Waals surface area contributed by atoms with Crippen molar-refractivity contribution in [1.82, 2.24) is 4.31 Å². The van der Waals surface area contributed by atoms with Crippen LogP contribution in [-0.2, 0) is 14.8 Å². The fourth-order valence-electron chi connectivity index (χ4n) is 2.38. The average Bonchev–Trinajstić information content (AvgIpc) is 2.46. The van der Waals surface area contributed by atoms with Gasteiger partial charge in [-0.05, 0) is 25.0 Å². The molecule has 0 bridgehead atoms. The van der Waals surface area contributed by atoms with Gasteiger partial charge in [0.15, 0.2) is 4.90 Å². The Balaban J connectivity index is 2.45. The monoisotopic (exact) mass is 332 g/mol. The zero-order valence-corrected chi connectivity index (χ0v) is 12.1. The predicted octanol–water partition coefficient (Wildman–Crippen LogP) is 1.22. The number of halogens is 1. The third-order valence-corrected chi connectivity index (χ3v) is 5.38. The summed E-state index contributed by atoms with van der Waals surface area (Å²) in [7, 11) is -4.34. The van der Waals surface area contributed by atoms with Gasteiger partial charge in [0.25, 0.3) is 0 Å². The van der Waals surface area contributed by atoms with Crippen LogP contribution in [0.5, 0.6) is 0 Å². The van der Waals surface area contributed by atoms with Crippen molar-refractivity contribution in [3.8, 4) is 0 Å². The first-order chi connectivity index (χ1) is 10.2. The molecule has 1 fully saturated rings. The Hall–Kier alpha value is -2.07. The summed E-state index contributed by atoms with van der Waals surface area (Å²) in [5, 5.41) is 19.9. The number of hydrogen-bond acceptors (Lipinski definition) is 5. The first-order valence-corrected chi connectivity index (χ1v) is 7.85. The van der Waals surface area contributed by atoms with E-state index in [0.29, 0.717) is 12.8 Å². The average molecular weight is 332 g/mol. The number of sulfonamides is 1. The van der Waals surface area contributed by atoms with E-state index in [9.17, 15) is 27.7 Å². The van der Waals surface area contributed by atoms with Gasteiger partial charge in [0.1, 0.15) is 0 Å². The molecule has 0 aromatic heterocycles. The minimum Gasteiger partial charge on any atom is -0.481 e.